The molecule has 0 amide bonds. The summed E-state index contributed by atoms with van der Waals surface area (Å²) in [5.74, 6) is 0.496. The maximum absolute atomic E-state index is 10.7. The minimum Gasteiger partial charge on any atom is -0.507 e. The van der Waals surface area contributed by atoms with Gasteiger partial charge in [0.2, 0.25) is 0 Å². The largest absolute Gasteiger partial charge is 0.507 e. The van der Waals surface area contributed by atoms with Gasteiger partial charge in [0.1, 0.15) is 5.75 Å². The predicted molar refractivity (Wildman–Crippen MR) is 106 cm³/mol. The second-order valence-corrected chi connectivity index (χ2v) is 8.39. The van der Waals surface area contributed by atoms with Gasteiger partial charge in [-0.05, 0) is 64.5 Å². The number of unbranched alkanes of at least 4 members (excludes halogenated alkanes) is 1. The normalized spacial score (nSPS) is 21.6. The number of benzene rings is 1. The molecule has 1 aliphatic carbocycles. The summed E-state index contributed by atoms with van der Waals surface area (Å²) < 4.78 is 1.07. The third-order valence-corrected chi connectivity index (χ3v) is 5.83. The van der Waals surface area contributed by atoms with Gasteiger partial charge in [-0.25, -0.2) is 0 Å². The van der Waals surface area contributed by atoms with E-state index >= 15 is 0 Å². The minimum absolute atomic E-state index is 0.496. The molecule has 1 aromatic rings. The molecule has 0 aliphatic heterocycles. The molecule has 3 nitrogen and oxygen atoms in total. The van der Waals surface area contributed by atoms with Crippen LogP contribution in [0.4, 0.5) is 0 Å². The summed E-state index contributed by atoms with van der Waals surface area (Å²) in [7, 11) is 6.59. The second kappa shape index (κ2) is 9.21. The number of halogens is 1. The van der Waals surface area contributed by atoms with Crippen molar-refractivity contribution in [3.63, 3.8) is 0 Å². The van der Waals surface area contributed by atoms with Crippen LogP contribution in [0.15, 0.2) is 16.6 Å². The summed E-state index contributed by atoms with van der Waals surface area (Å²) in [5.41, 5.74) is 2.11. The van der Waals surface area contributed by atoms with Crippen LogP contribution in [0.25, 0.3) is 0 Å². The van der Waals surface area contributed by atoms with E-state index in [1.165, 1.54) is 25.7 Å². The van der Waals surface area contributed by atoms with Gasteiger partial charge < -0.3 is 10.0 Å². The number of hydrogen-bond acceptors (Lipinski definition) is 3. The highest BCUT2D eigenvalue weighted by Gasteiger charge is 2.30. The quantitative estimate of drug-likeness (QED) is 0.716. The van der Waals surface area contributed by atoms with Gasteiger partial charge in [0.05, 0.1) is 0 Å². The highest BCUT2D eigenvalue weighted by Crippen LogP contribution is 2.32. The summed E-state index contributed by atoms with van der Waals surface area (Å²) in [4.78, 5) is 4.81. The molecule has 4 heteroatoms. The Bertz CT molecular complexity index is 533. The summed E-state index contributed by atoms with van der Waals surface area (Å²) in [6.45, 7) is 2.99. The van der Waals surface area contributed by atoms with Crippen LogP contribution in [-0.2, 0) is 13.0 Å². The summed E-state index contributed by atoms with van der Waals surface area (Å²) in [6.07, 6.45) is 8.37. The van der Waals surface area contributed by atoms with Crippen molar-refractivity contribution in [1.82, 2.24) is 9.80 Å². The zero-order valence-electron chi connectivity index (χ0n) is 15.7. The molecule has 1 fully saturated rings. The fraction of sp³-hybridized carbons (Fsp3) is 0.700. The van der Waals surface area contributed by atoms with Crippen molar-refractivity contribution in [2.75, 3.05) is 21.1 Å². The SMILES string of the molecule is CCCCc1cc(Br)cc(CN(C)[C@@H]2CCCC[C@H]2N(C)C)c1O. The first-order valence-electron chi connectivity index (χ1n) is 9.31. The molecule has 2 rings (SSSR count). The third kappa shape index (κ3) is 4.96. The smallest absolute Gasteiger partial charge is 0.123 e. The molecule has 0 saturated heterocycles. The lowest BCUT2D eigenvalue weighted by Crippen LogP contribution is -2.49. The van der Waals surface area contributed by atoms with Gasteiger partial charge >= 0.3 is 0 Å². The van der Waals surface area contributed by atoms with Crippen molar-refractivity contribution in [3.8, 4) is 5.75 Å². The summed E-state index contributed by atoms with van der Waals surface area (Å²) >= 11 is 3.62. The van der Waals surface area contributed by atoms with Gasteiger partial charge in [0.25, 0.3) is 0 Å². The summed E-state index contributed by atoms with van der Waals surface area (Å²) in [6, 6.07) is 5.32. The van der Waals surface area contributed by atoms with Crippen LogP contribution in [0.2, 0.25) is 0 Å². The van der Waals surface area contributed by atoms with Crippen LogP contribution < -0.4 is 0 Å². The average molecular weight is 397 g/mol. The first-order valence-corrected chi connectivity index (χ1v) is 10.1. The number of phenolic OH excluding ortho intramolecular Hbond substituents is 1. The minimum atomic E-state index is 0.496. The van der Waals surface area contributed by atoms with Gasteiger partial charge in [-0.15, -0.1) is 0 Å². The molecule has 1 aromatic carbocycles. The van der Waals surface area contributed by atoms with Gasteiger partial charge in [0, 0.05) is 28.7 Å². The van der Waals surface area contributed by atoms with E-state index in [2.05, 4.69) is 65.9 Å². The van der Waals surface area contributed by atoms with E-state index in [-0.39, 0.29) is 0 Å². The van der Waals surface area contributed by atoms with Crippen LogP contribution in [0.1, 0.15) is 56.6 Å². The van der Waals surface area contributed by atoms with Crippen LogP contribution in [0, 0.1) is 0 Å². The zero-order chi connectivity index (χ0) is 17.7. The lowest BCUT2D eigenvalue weighted by Gasteiger charge is -2.41. The standard InChI is InChI=1S/C20H33BrN2O/c1-5-6-9-15-12-17(21)13-16(20(15)24)14-23(4)19-11-8-7-10-18(19)22(2)3/h12-13,18-19,24H,5-11,14H2,1-4H3/t18-,19-/m1/s1. The number of phenols is 1. The van der Waals surface area contributed by atoms with Crippen LogP contribution >= 0.6 is 15.9 Å². The van der Waals surface area contributed by atoms with Crippen molar-refractivity contribution in [2.24, 2.45) is 0 Å². The Morgan fingerprint density at radius 2 is 1.71 bits per heavy atom. The van der Waals surface area contributed by atoms with Gasteiger partial charge in [0.15, 0.2) is 0 Å². The maximum Gasteiger partial charge on any atom is 0.123 e. The fourth-order valence-electron chi connectivity index (χ4n) is 3.99. The molecule has 1 saturated carbocycles. The number of aryl methyl sites for hydroxylation is 1. The monoisotopic (exact) mass is 396 g/mol. The lowest BCUT2D eigenvalue weighted by atomic mass is 9.88. The molecule has 0 aromatic heterocycles. The second-order valence-electron chi connectivity index (χ2n) is 7.47. The molecular weight excluding hydrogens is 364 g/mol. The van der Waals surface area contributed by atoms with E-state index in [1.807, 2.05) is 0 Å². The van der Waals surface area contributed by atoms with Gasteiger partial charge in [-0.3, -0.25) is 4.90 Å². The first kappa shape index (κ1) is 19.7. The Morgan fingerprint density at radius 1 is 1.08 bits per heavy atom. The Labute approximate surface area is 156 Å². The Morgan fingerprint density at radius 3 is 2.33 bits per heavy atom. The van der Waals surface area contributed by atoms with Crippen molar-refractivity contribution >= 4 is 15.9 Å². The molecule has 0 spiro atoms. The van der Waals surface area contributed by atoms with Crippen LogP contribution in [-0.4, -0.2) is 48.1 Å². The van der Waals surface area contributed by atoms with Crippen molar-refractivity contribution in [2.45, 2.75) is 70.5 Å². The molecule has 0 heterocycles. The molecule has 0 unspecified atom stereocenters. The molecule has 0 bridgehead atoms. The molecule has 0 radical (unpaired) electrons. The van der Waals surface area contributed by atoms with Crippen LogP contribution in [0.3, 0.4) is 0 Å². The molecule has 2 atom stereocenters. The first-order chi connectivity index (χ1) is 11.4. The van der Waals surface area contributed by atoms with Crippen LogP contribution in [0.5, 0.6) is 5.75 Å². The Balaban J connectivity index is 2.15. The zero-order valence-corrected chi connectivity index (χ0v) is 17.3. The number of hydrogen-bond donors (Lipinski definition) is 1. The number of nitrogens with zero attached hydrogens (tertiary/aromatic N) is 2. The van der Waals surface area contributed by atoms with E-state index < -0.39 is 0 Å². The van der Waals surface area contributed by atoms with Crippen molar-refractivity contribution in [1.29, 1.82) is 0 Å². The fourth-order valence-corrected chi connectivity index (χ4v) is 4.54. The number of likely N-dealkylation sites (N-methyl/N-ethyl adjacent to an activating group) is 2. The topological polar surface area (TPSA) is 26.7 Å². The number of rotatable bonds is 7. The molecule has 1 aliphatic rings. The molecular formula is C20H33BrN2O. The average Bonchev–Trinajstić information content (AvgIpc) is 2.56. The van der Waals surface area contributed by atoms with E-state index in [4.69, 9.17) is 0 Å². The highest BCUT2D eigenvalue weighted by molar-refractivity contribution is 9.10. The van der Waals surface area contributed by atoms with E-state index in [1.54, 1.807) is 0 Å². The molecule has 1 N–H and O–H groups in total. The summed E-state index contributed by atoms with van der Waals surface area (Å²) in [5, 5.41) is 10.7. The van der Waals surface area contributed by atoms with E-state index in [9.17, 15) is 5.11 Å². The molecule has 24 heavy (non-hydrogen) atoms. The van der Waals surface area contributed by atoms with Crippen molar-refractivity contribution < 1.29 is 5.11 Å². The third-order valence-electron chi connectivity index (χ3n) is 5.38. The van der Waals surface area contributed by atoms with Crippen molar-refractivity contribution in [3.05, 3.63) is 27.7 Å². The lowest BCUT2D eigenvalue weighted by molar-refractivity contribution is 0.0871. The molecule has 136 valence electrons. The van der Waals surface area contributed by atoms with Gasteiger partial charge in [-0.1, -0.05) is 42.1 Å². The van der Waals surface area contributed by atoms with Gasteiger partial charge in [-0.2, -0.15) is 0 Å². The highest BCUT2D eigenvalue weighted by atomic mass is 79.9. The van der Waals surface area contributed by atoms with E-state index in [0.29, 0.717) is 17.8 Å². The number of aromatic hydroxyl groups is 1. The maximum atomic E-state index is 10.7. The Kier molecular flexibility index (Phi) is 7.58. The Hall–Kier alpha value is -0.580. The van der Waals surface area contributed by atoms with E-state index in [0.717, 1.165) is 41.4 Å². The predicted octanol–water partition coefficient (Wildman–Crippen LogP) is 4.80.